The maximum Gasteiger partial charge on any atom is 0.408 e. The van der Waals surface area contributed by atoms with Crippen LogP contribution in [0.15, 0.2) is 18.2 Å². The first-order valence-electron chi connectivity index (χ1n) is 6.64. The summed E-state index contributed by atoms with van der Waals surface area (Å²) in [6.45, 7) is 1.20. The van der Waals surface area contributed by atoms with Crippen molar-refractivity contribution < 1.29 is 24.2 Å². The minimum atomic E-state index is -1.29. The van der Waals surface area contributed by atoms with Crippen molar-refractivity contribution in [1.29, 1.82) is 0 Å². The number of likely N-dealkylation sites (tertiary alicyclic amines) is 1. The molecule has 2 amide bonds. The van der Waals surface area contributed by atoms with E-state index in [0.717, 1.165) is 4.90 Å². The van der Waals surface area contributed by atoms with Crippen LogP contribution >= 0.6 is 11.6 Å². The average molecular weight is 331 g/mol. The Labute approximate surface area is 131 Å². The molecule has 22 heavy (non-hydrogen) atoms. The predicted octanol–water partition coefficient (Wildman–Crippen LogP) is 1.60. The zero-order valence-electron chi connectivity index (χ0n) is 11.8. The number of carboxylic acid groups (broad SMARTS) is 1. The van der Waals surface area contributed by atoms with Crippen molar-refractivity contribution in [2.24, 2.45) is 0 Å². The van der Waals surface area contributed by atoms with Crippen molar-refractivity contribution in [3.63, 3.8) is 0 Å². The average Bonchev–Trinajstić information content (AvgIpc) is 2.76. The minimum absolute atomic E-state index is 0.0108. The highest BCUT2D eigenvalue weighted by Crippen LogP contribution is 2.27. The molecule has 3 N–H and O–H groups in total. The molecule has 1 aromatic carbocycles. The molecule has 0 radical (unpaired) electrons. The molecule has 0 saturated carbocycles. The van der Waals surface area contributed by atoms with Crippen LogP contribution < -0.4 is 5.32 Å². The van der Waals surface area contributed by atoms with Crippen LogP contribution in [0.4, 0.5) is 9.18 Å². The molecule has 6 nitrogen and oxygen atoms in total. The molecule has 8 heteroatoms. The van der Waals surface area contributed by atoms with E-state index in [4.69, 9.17) is 16.7 Å². The van der Waals surface area contributed by atoms with Crippen molar-refractivity contribution in [1.82, 2.24) is 10.2 Å². The second-order valence-electron chi connectivity index (χ2n) is 5.56. The SMILES string of the molecule is C[C@]1(O)C[C@@H](C(=O)NCc2cccc(Cl)c2F)N(C(=O)O)C1. The van der Waals surface area contributed by atoms with E-state index in [2.05, 4.69) is 5.32 Å². The summed E-state index contributed by atoms with van der Waals surface area (Å²) in [5, 5.41) is 21.4. The standard InChI is InChI=1S/C14H16ClFN2O4/c1-14(22)5-10(18(7-14)13(20)21)12(19)17-6-8-3-2-4-9(15)11(8)16/h2-4,10,22H,5-7H2,1H3,(H,17,19)(H,20,21)/t10-,14-/m0/s1. The second kappa shape index (κ2) is 6.10. The smallest absolute Gasteiger partial charge is 0.408 e. The number of halogens is 2. The van der Waals surface area contributed by atoms with Crippen LogP contribution in [0.5, 0.6) is 0 Å². The molecule has 1 aliphatic heterocycles. The molecule has 1 aliphatic rings. The van der Waals surface area contributed by atoms with Crippen molar-refractivity contribution in [3.8, 4) is 0 Å². The molecule has 2 atom stereocenters. The van der Waals surface area contributed by atoms with Gasteiger partial charge >= 0.3 is 6.09 Å². The van der Waals surface area contributed by atoms with Crippen LogP contribution in [0.2, 0.25) is 5.02 Å². The number of benzene rings is 1. The highest BCUT2D eigenvalue weighted by atomic mass is 35.5. The first-order valence-corrected chi connectivity index (χ1v) is 7.01. The van der Waals surface area contributed by atoms with Gasteiger partial charge in [0, 0.05) is 18.5 Å². The largest absolute Gasteiger partial charge is 0.465 e. The van der Waals surface area contributed by atoms with E-state index in [1.54, 1.807) is 6.07 Å². The van der Waals surface area contributed by atoms with E-state index in [0.29, 0.717) is 0 Å². The van der Waals surface area contributed by atoms with Crippen molar-refractivity contribution in [2.75, 3.05) is 6.54 Å². The summed E-state index contributed by atoms with van der Waals surface area (Å²) < 4.78 is 13.7. The summed E-state index contributed by atoms with van der Waals surface area (Å²) in [7, 11) is 0. The van der Waals surface area contributed by atoms with Gasteiger partial charge in [0.25, 0.3) is 0 Å². The lowest BCUT2D eigenvalue weighted by Crippen LogP contribution is -2.45. The van der Waals surface area contributed by atoms with Gasteiger partial charge in [0.1, 0.15) is 11.9 Å². The number of carbonyl (C=O) groups is 2. The van der Waals surface area contributed by atoms with E-state index < -0.39 is 29.5 Å². The van der Waals surface area contributed by atoms with Gasteiger partial charge in [-0.05, 0) is 13.0 Å². The number of nitrogens with one attached hydrogen (secondary N) is 1. The Kier molecular flexibility index (Phi) is 4.58. The Bertz CT molecular complexity index is 609. The summed E-state index contributed by atoms with van der Waals surface area (Å²) in [4.78, 5) is 24.1. The lowest BCUT2D eigenvalue weighted by Gasteiger charge is -2.20. The minimum Gasteiger partial charge on any atom is -0.465 e. The fourth-order valence-electron chi connectivity index (χ4n) is 2.49. The van der Waals surface area contributed by atoms with E-state index in [1.807, 2.05) is 0 Å². The van der Waals surface area contributed by atoms with E-state index in [-0.39, 0.29) is 30.1 Å². The fourth-order valence-corrected chi connectivity index (χ4v) is 2.68. The topological polar surface area (TPSA) is 89.9 Å². The van der Waals surface area contributed by atoms with Crippen LogP contribution in [0.25, 0.3) is 0 Å². The summed E-state index contributed by atoms with van der Waals surface area (Å²) in [6.07, 6.45) is -1.30. The van der Waals surface area contributed by atoms with Gasteiger partial charge in [0.15, 0.2) is 0 Å². The van der Waals surface area contributed by atoms with Crippen LogP contribution in [0, 0.1) is 5.82 Å². The Morgan fingerprint density at radius 3 is 2.86 bits per heavy atom. The van der Waals surface area contributed by atoms with Gasteiger partial charge in [-0.25, -0.2) is 9.18 Å². The van der Waals surface area contributed by atoms with E-state index in [1.165, 1.54) is 19.1 Å². The van der Waals surface area contributed by atoms with Gasteiger partial charge in [0.2, 0.25) is 5.91 Å². The summed E-state index contributed by atoms with van der Waals surface area (Å²) in [5.41, 5.74) is -1.06. The molecule has 1 aromatic rings. The lowest BCUT2D eigenvalue weighted by molar-refractivity contribution is -0.125. The highest BCUT2D eigenvalue weighted by Gasteiger charge is 2.45. The van der Waals surface area contributed by atoms with Crippen molar-refractivity contribution in [2.45, 2.75) is 31.5 Å². The maximum absolute atomic E-state index is 13.7. The molecule has 1 fully saturated rings. The monoisotopic (exact) mass is 330 g/mol. The molecule has 0 aliphatic carbocycles. The highest BCUT2D eigenvalue weighted by molar-refractivity contribution is 6.30. The number of hydrogen-bond acceptors (Lipinski definition) is 3. The third kappa shape index (κ3) is 3.48. The fraction of sp³-hybridized carbons (Fsp3) is 0.429. The number of nitrogens with zero attached hydrogens (tertiary/aromatic N) is 1. The Morgan fingerprint density at radius 2 is 2.23 bits per heavy atom. The Morgan fingerprint density at radius 1 is 1.55 bits per heavy atom. The summed E-state index contributed by atoms with van der Waals surface area (Å²) in [6, 6.07) is 3.41. The third-order valence-corrected chi connectivity index (χ3v) is 3.85. The zero-order valence-corrected chi connectivity index (χ0v) is 12.6. The lowest BCUT2D eigenvalue weighted by atomic mass is 10.0. The van der Waals surface area contributed by atoms with Gasteiger partial charge in [0.05, 0.1) is 17.2 Å². The molecule has 2 rings (SSSR count). The summed E-state index contributed by atoms with van der Waals surface area (Å²) >= 11 is 5.65. The number of rotatable bonds is 3. The summed E-state index contributed by atoms with van der Waals surface area (Å²) in [5.74, 6) is -1.21. The molecule has 0 unspecified atom stereocenters. The van der Waals surface area contributed by atoms with Gasteiger partial charge in [-0.15, -0.1) is 0 Å². The van der Waals surface area contributed by atoms with Gasteiger partial charge in [-0.2, -0.15) is 0 Å². The van der Waals surface area contributed by atoms with Crippen LogP contribution in [-0.2, 0) is 11.3 Å². The molecule has 120 valence electrons. The second-order valence-corrected chi connectivity index (χ2v) is 5.97. The van der Waals surface area contributed by atoms with Crippen LogP contribution in [-0.4, -0.2) is 45.3 Å². The first kappa shape index (κ1) is 16.5. The Balaban J connectivity index is 2.05. The maximum atomic E-state index is 13.7. The molecule has 1 saturated heterocycles. The van der Waals surface area contributed by atoms with Crippen LogP contribution in [0.3, 0.4) is 0 Å². The number of β-amino-alcohol motifs (C(OH)–C–C–N with tert-alkyl or cyclic N) is 1. The van der Waals surface area contributed by atoms with Crippen LogP contribution in [0.1, 0.15) is 18.9 Å². The number of carbonyl (C=O) groups excluding carboxylic acids is 1. The van der Waals surface area contributed by atoms with E-state index in [9.17, 15) is 19.1 Å². The van der Waals surface area contributed by atoms with E-state index >= 15 is 0 Å². The third-order valence-electron chi connectivity index (χ3n) is 3.55. The quantitative estimate of drug-likeness (QED) is 0.785. The van der Waals surface area contributed by atoms with Gasteiger partial charge in [-0.1, -0.05) is 23.7 Å². The molecular weight excluding hydrogens is 315 g/mol. The molecule has 0 spiro atoms. The van der Waals surface area contributed by atoms with Gasteiger partial charge < -0.3 is 15.5 Å². The van der Waals surface area contributed by atoms with Crippen molar-refractivity contribution >= 4 is 23.6 Å². The Hall–Kier alpha value is -1.86. The number of amides is 2. The molecule has 0 bridgehead atoms. The first-order chi connectivity index (χ1) is 10.2. The molecular formula is C14H16ClFN2O4. The number of hydrogen-bond donors (Lipinski definition) is 3. The predicted molar refractivity (Wildman–Crippen MR) is 77.0 cm³/mol. The van der Waals surface area contributed by atoms with Crippen molar-refractivity contribution in [3.05, 3.63) is 34.6 Å². The molecule has 1 heterocycles. The van der Waals surface area contributed by atoms with Gasteiger partial charge in [-0.3, -0.25) is 9.69 Å². The molecule has 0 aromatic heterocycles. The number of aliphatic hydroxyl groups is 1. The zero-order chi connectivity index (χ0) is 16.5. The normalized spacial score (nSPS) is 24.4.